The van der Waals surface area contributed by atoms with Crippen molar-refractivity contribution in [1.82, 2.24) is 0 Å². The van der Waals surface area contributed by atoms with Gasteiger partial charge in [0.25, 0.3) is 0 Å². The summed E-state index contributed by atoms with van der Waals surface area (Å²) in [5, 5.41) is 0. The van der Waals surface area contributed by atoms with Crippen LogP contribution in [0.15, 0.2) is 12.1 Å². The normalized spacial score (nSPS) is 10.2. The van der Waals surface area contributed by atoms with Gasteiger partial charge in [0.2, 0.25) is 0 Å². The van der Waals surface area contributed by atoms with Crippen molar-refractivity contribution >= 4 is 0 Å². The molecule has 0 atom stereocenters. The average Bonchev–Trinajstić information content (AvgIpc) is 2.31. The molecule has 0 amide bonds. The minimum Gasteiger partial charge on any atom is -0.497 e. The van der Waals surface area contributed by atoms with E-state index in [1.807, 2.05) is 6.07 Å². The molecule has 0 aliphatic rings. The second-order valence-electron chi connectivity index (χ2n) is 3.86. The van der Waals surface area contributed by atoms with Crippen molar-refractivity contribution in [2.75, 3.05) is 20.8 Å². The molecule has 0 aliphatic carbocycles. The third-order valence-corrected chi connectivity index (χ3v) is 2.80. The zero-order chi connectivity index (χ0) is 12.0. The molecule has 0 aliphatic heterocycles. The Morgan fingerprint density at radius 1 is 1.12 bits per heavy atom. The molecule has 16 heavy (non-hydrogen) atoms. The van der Waals surface area contributed by atoms with Gasteiger partial charge in [-0.15, -0.1) is 0 Å². The fraction of sp³-hybridized carbons (Fsp3) is 0.538. The van der Waals surface area contributed by atoms with Crippen LogP contribution in [0.25, 0.3) is 0 Å². The van der Waals surface area contributed by atoms with E-state index in [9.17, 15) is 0 Å². The Labute approximate surface area is 97.6 Å². The molecule has 3 heteroatoms. The van der Waals surface area contributed by atoms with E-state index >= 15 is 0 Å². The SMILES string of the molecule is COc1cc(CCCCN)c(C)c(OC)c1. The lowest BCUT2D eigenvalue weighted by molar-refractivity contribution is 0.391. The van der Waals surface area contributed by atoms with Crippen molar-refractivity contribution in [2.24, 2.45) is 5.73 Å². The number of rotatable bonds is 6. The van der Waals surface area contributed by atoms with Crippen LogP contribution >= 0.6 is 0 Å². The van der Waals surface area contributed by atoms with Crippen molar-refractivity contribution < 1.29 is 9.47 Å². The van der Waals surface area contributed by atoms with Crippen LogP contribution in [0.4, 0.5) is 0 Å². The molecule has 0 radical (unpaired) electrons. The van der Waals surface area contributed by atoms with Crippen LogP contribution in [0.1, 0.15) is 24.0 Å². The Morgan fingerprint density at radius 2 is 1.88 bits per heavy atom. The largest absolute Gasteiger partial charge is 0.497 e. The summed E-state index contributed by atoms with van der Waals surface area (Å²) in [5.74, 6) is 1.74. The van der Waals surface area contributed by atoms with Gasteiger partial charge < -0.3 is 15.2 Å². The minimum atomic E-state index is 0.750. The van der Waals surface area contributed by atoms with Gasteiger partial charge in [-0.1, -0.05) is 0 Å². The molecule has 90 valence electrons. The summed E-state index contributed by atoms with van der Waals surface area (Å²) in [7, 11) is 3.36. The maximum Gasteiger partial charge on any atom is 0.125 e. The van der Waals surface area contributed by atoms with Crippen LogP contribution < -0.4 is 15.2 Å². The number of hydrogen-bond acceptors (Lipinski definition) is 3. The van der Waals surface area contributed by atoms with Crippen LogP contribution in [0.3, 0.4) is 0 Å². The lowest BCUT2D eigenvalue weighted by atomic mass is 10.0. The van der Waals surface area contributed by atoms with Crippen molar-refractivity contribution in [3.63, 3.8) is 0 Å². The summed E-state index contributed by atoms with van der Waals surface area (Å²) in [6, 6.07) is 4.00. The molecule has 0 fully saturated rings. The summed E-state index contributed by atoms with van der Waals surface area (Å²) in [6.45, 7) is 2.83. The highest BCUT2D eigenvalue weighted by Crippen LogP contribution is 2.28. The summed E-state index contributed by atoms with van der Waals surface area (Å²) in [4.78, 5) is 0. The summed E-state index contributed by atoms with van der Waals surface area (Å²) in [6.07, 6.45) is 3.18. The monoisotopic (exact) mass is 223 g/mol. The van der Waals surface area contributed by atoms with E-state index in [0.29, 0.717) is 0 Å². The van der Waals surface area contributed by atoms with Gasteiger partial charge in [0, 0.05) is 6.07 Å². The number of methoxy groups -OCH3 is 2. The van der Waals surface area contributed by atoms with E-state index in [2.05, 4.69) is 13.0 Å². The predicted molar refractivity (Wildman–Crippen MR) is 66.3 cm³/mol. The first-order valence-electron chi connectivity index (χ1n) is 5.64. The first-order valence-corrected chi connectivity index (χ1v) is 5.64. The standard InChI is InChI=1S/C13H21NO2/c1-10-11(6-4-5-7-14)8-12(15-2)9-13(10)16-3/h8-9H,4-7,14H2,1-3H3. The lowest BCUT2D eigenvalue weighted by Gasteiger charge is -2.12. The zero-order valence-corrected chi connectivity index (χ0v) is 10.4. The molecule has 0 heterocycles. The second kappa shape index (κ2) is 6.38. The van der Waals surface area contributed by atoms with E-state index in [1.165, 1.54) is 11.1 Å². The maximum absolute atomic E-state index is 5.49. The van der Waals surface area contributed by atoms with E-state index in [-0.39, 0.29) is 0 Å². The van der Waals surface area contributed by atoms with E-state index in [4.69, 9.17) is 15.2 Å². The highest BCUT2D eigenvalue weighted by molar-refractivity contribution is 5.45. The van der Waals surface area contributed by atoms with Gasteiger partial charge in [-0.2, -0.15) is 0 Å². The smallest absolute Gasteiger partial charge is 0.125 e. The second-order valence-corrected chi connectivity index (χ2v) is 3.86. The van der Waals surface area contributed by atoms with Crippen LogP contribution in [-0.4, -0.2) is 20.8 Å². The molecular weight excluding hydrogens is 202 g/mol. The number of ether oxygens (including phenoxy) is 2. The highest BCUT2D eigenvalue weighted by Gasteiger charge is 2.07. The van der Waals surface area contributed by atoms with Gasteiger partial charge >= 0.3 is 0 Å². The van der Waals surface area contributed by atoms with Crippen molar-refractivity contribution in [3.8, 4) is 11.5 Å². The van der Waals surface area contributed by atoms with Gasteiger partial charge in [0.15, 0.2) is 0 Å². The van der Waals surface area contributed by atoms with Gasteiger partial charge in [0.05, 0.1) is 14.2 Å². The van der Waals surface area contributed by atoms with Crippen LogP contribution in [0.5, 0.6) is 11.5 Å². The molecule has 1 aromatic rings. The fourth-order valence-corrected chi connectivity index (χ4v) is 1.77. The first-order chi connectivity index (χ1) is 7.72. The minimum absolute atomic E-state index is 0.750. The number of unbranched alkanes of at least 4 members (excludes halogenated alkanes) is 1. The lowest BCUT2D eigenvalue weighted by Crippen LogP contribution is -2.01. The van der Waals surface area contributed by atoms with Gasteiger partial charge in [-0.3, -0.25) is 0 Å². The summed E-state index contributed by atoms with van der Waals surface area (Å²) in [5.41, 5.74) is 7.97. The highest BCUT2D eigenvalue weighted by atomic mass is 16.5. The molecule has 1 rings (SSSR count). The Hall–Kier alpha value is -1.22. The van der Waals surface area contributed by atoms with Crippen molar-refractivity contribution in [1.29, 1.82) is 0 Å². The van der Waals surface area contributed by atoms with Crippen molar-refractivity contribution in [2.45, 2.75) is 26.2 Å². The maximum atomic E-state index is 5.49. The summed E-state index contributed by atoms with van der Waals surface area (Å²) < 4.78 is 10.6. The topological polar surface area (TPSA) is 44.5 Å². The Kier molecular flexibility index (Phi) is 5.12. The molecule has 0 aromatic heterocycles. The molecule has 0 bridgehead atoms. The third-order valence-electron chi connectivity index (χ3n) is 2.80. The number of aryl methyl sites for hydroxylation is 1. The molecule has 0 unspecified atom stereocenters. The van der Waals surface area contributed by atoms with Crippen LogP contribution in [-0.2, 0) is 6.42 Å². The van der Waals surface area contributed by atoms with Crippen LogP contribution in [0, 0.1) is 6.92 Å². The van der Waals surface area contributed by atoms with E-state index in [0.717, 1.165) is 37.3 Å². The quantitative estimate of drug-likeness (QED) is 0.753. The Balaban J connectivity index is 2.88. The Bertz CT molecular complexity index is 337. The van der Waals surface area contributed by atoms with Gasteiger partial charge in [-0.05, 0) is 49.9 Å². The molecule has 1 aromatic carbocycles. The first kappa shape index (κ1) is 12.8. The van der Waals surface area contributed by atoms with Gasteiger partial charge in [0.1, 0.15) is 11.5 Å². The average molecular weight is 223 g/mol. The zero-order valence-electron chi connectivity index (χ0n) is 10.4. The molecule has 3 nitrogen and oxygen atoms in total. The summed E-state index contributed by atoms with van der Waals surface area (Å²) >= 11 is 0. The molecule has 0 spiro atoms. The Morgan fingerprint density at radius 3 is 2.44 bits per heavy atom. The van der Waals surface area contributed by atoms with Gasteiger partial charge in [-0.25, -0.2) is 0 Å². The van der Waals surface area contributed by atoms with E-state index < -0.39 is 0 Å². The molecule has 0 saturated carbocycles. The van der Waals surface area contributed by atoms with E-state index in [1.54, 1.807) is 14.2 Å². The van der Waals surface area contributed by atoms with Crippen LogP contribution in [0.2, 0.25) is 0 Å². The fourth-order valence-electron chi connectivity index (χ4n) is 1.77. The third kappa shape index (κ3) is 3.14. The van der Waals surface area contributed by atoms with Crippen molar-refractivity contribution in [3.05, 3.63) is 23.3 Å². The molecular formula is C13H21NO2. The molecule has 0 saturated heterocycles. The molecule has 2 N–H and O–H groups in total. The number of hydrogen-bond donors (Lipinski definition) is 1. The number of nitrogens with two attached hydrogens (primary N) is 1. The number of benzene rings is 1. The predicted octanol–water partition coefficient (Wildman–Crippen LogP) is 2.29.